The van der Waals surface area contributed by atoms with Gasteiger partial charge in [-0.2, -0.15) is 0 Å². The number of nitrogens with zero attached hydrogens (tertiary/aromatic N) is 2. The van der Waals surface area contributed by atoms with E-state index in [4.69, 9.17) is 10.2 Å². The third-order valence-corrected chi connectivity index (χ3v) is 5.13. The minimum absolute atomic E-state index is 0. The lowest BCUT2D eigenvalue weighted by atomic mass is 9.79. The molecule has 1 unspecified atom stereocenters. The molecule has 2 aromatic rings. The van der Waals surface area contributed by atoms with Crippen LogP contribution in [-0.4, -0.2) is 34.9 Å². The molecule has 1 atom stereocenters. The van der Waals surface area contributed by atoms with Gasteiger partial charge in [-0.3, -0.25) is 4.79 Å². The fourth-order valence-electron chi connectivity index (χ4n) is 2.74. The van der Waals surface area contributed by atoms with Crippen LogP contribution in [0.4, 0.5) is 0 Å². The van der Waals surface area contributed by atoms with Gasteiger partial charge >= 0.3 is 0 Å². The second kappa shape index (κ2) is 6.63. The molecule has 0 radical (unpaired) electrons. The summed E-state index contributed by atoms with van der Waals surface area (Å²) in [4.78, 5) is 18.9. The van der Waals surface area contributed by atoms with Gasteiger partial charge in [0, 0.05) is 24.5 Å². The molecule has 0 aromatic carbocycles. The molecule has 1 amide bonds. The van der Waals surface area contributed by atoms with E-state index in [9.17, 15) is 4.79 Å². The van der Waals surface area contributed by atoms with Crippen molar-refractivity contribution >= 4 is 29.7 Å². The van der Waals surface area contributed by atoms with Crippen molar-refractivity contribution in [2.24, 2.45) is 11.1 Å². The largest absolute Gasteiger partial charge is 0.459 e. The Labute approximate surface area is 146 Å². The monoisotopic (exact) mass is 355 g/mol. The lowest BCUT2D eigenvalue weighted by molar-refractivity contribution is 0.0528. The second-order valence-electron chi connectivity index (χ2n) is 6.56. The number of nitrogens with two attached hydrogens (primary N) is 1. The highest BCUT2D eigenvalue weighted by Crippen LogP contribution is 2.30. The summed E-state index contributed by atoms with van der Waals surface area (Å²) in [6, 6.07) is 3.91. The lowest BCUT2D eigenvalue weighted by Gasteiger charge is -2.42. The topological polar surface area (TPSA) is 72.4 Å². The first kappa shape index (κ1) is 18.0. The molecule has 1 aliphatic rings. The minimum atomic E-state index is -0.0646. The molecule has 5 nitrogen and oxygen atoms in total. The van der Waals surface area contributed by atoms with Gasteiger partial charge in [-0.25, -0.2) is 4.98 Å². The van der Waals surface area contributed by atoms with E-state index >= 15 is 0 Å². The molecule has 0 spiro atoms. The van der Waals surface area contributed by atoms with E-state index in [-0.39, 0.29) is 29.8 Å². The van der Waals surface area contributed by atoms with Crippen LogP contribution in [0, 0.1) is 12.3 Å². The molecule has 2 N–H and O–H groups in total. The molecule has 1 aliphatic heterocycles. The number of likely N-dealkylation sites (tertiary alicyclic amines) is 1. The number of furan rings is 1. The van der Waals surface area contributed by atoms with Gasteiger partial charge in [0.15, 0.2) is 10.8 Å². The Balaban J connectivity index is 0.00000192. The van der Waals surface area contributed by atoms with Crippen molar-refractivity contribution in [3.05, 3.63) is 29.0 Å². The van der Waals surface area contributed by atoms with E-state index in [0.717, 1.165) is 17.2 Å². The zero-order chi connectivity index (χ0) is 15.9. The highest BCUT2D eigenvalue weighted by Gasteiger charge is 2.36. The summed E-state index contributed by atoms with van der Waals surface area (Å²) in [5.74, 6) is 1.53. The normalized spacial score (nSPS) is 20.2. The van der Waals surface area contributed by atoms with Gasteiger partial charge in [0.05, 0.1) is 0 Å². The summed E-state index contributed by atoms with van der Waals surface area (Å²) in [6.07, 6.45) is 0.827. The summed E-state index contributed by atoms with van der Waals surface area (Å²) in [7, 11) is 0. The second-order valence-corrected chi connectivity index (χ2v) is 7.42. The van der Waals surface area contributed by atoms with Crippen molar-refractivity contribution in [3.63, 3.8) is 0 Å². The van der Waals surface area contributed by atoms with Crippen molar-refractivity contribution in [1.82, 2.24) is 9.88 Å². The van der Waals surface area contributed by atoms with Gasteiger partial charge in [0.25, 0.3) is 5.91 Å². The first-order valence-electron chi connectivity index (χ1n) is 7.44. The molecule has 0 aliphatic carbocycles. The number of amides is 1. The number of thiazole rings is 1. The van der Waals surface area contributed by atoms with E-state index in [1.165, 1.54) is 11.3 Å². The average molecular weight is 356 g/mol. The van der Waals surface area contributed by atoms with Crippen LogP contribution in [0.15, 0.2) is 21.9 Å². The van der Waals surface area contributed by atoms with Gasteiger partial charge in [-0.1, -0.05) is 13.8 Å². The Kier molecular flexibility index (Phi) is 5.18. The molecule has 3 heterocycles. The Hall–Kier alpha value is -1.37. The molecule has 2 aromatic heterocycles. The number of hydrogen-bond donors (Lipinski definition) is 1. The lowest BCUT2D eigenvalue weighted by Crippen LogP contribution is -2.54. The van der Waals surface area contributed by atoms with Crippen LogP contribution in [-0.2, 0) is 0 Å². The first-order valence-corrected chi connectivity index (χ1v) is 8.32. The Morgan fingerprint density at radius 3 is 2.83 bits per heavy atom. The molecule has 7 heteroatoms. The Bertz CT molecular complexity index is 695. The zero-order valence-corrected chi connectivity index (χ0v) is 15.2. The van der Waals surface area contributed by atoms with Crippen LogP contribution < -0.4 is 5.73 Å². The van der Waals surface area contributed by atoms with Crippen LogP contribution in [0.2, 0.25) is 0 Å². The van der Waals surface area contributed by atoms with E-state index in [1.54, 1.807) is 5.38 Å². The highest BCUT2D eigenvalue weighted by molar-refractivity contribution is 7.13. The van der Waals surface area contributed by atoms with E-state index in [0.29, 0.717) is 24.5 Å². The summed E-state index contributed by atoms with van der Waals surface area (Å²) in [5, 5.41) is 2.54. The first-order chi connectivity index (χ1) is 10.4. The molecule has 0 bridgehead atoms. The average Bonchev–Trinajstić information content (AvgIpc) is 3.09. The number of hydrogen-bond acceptors (Lipinski definition) is 5. The van der Waals surface area contributed by atoms with E-state index in [2.05, 4.69) is 18.8 Å². The number of aromatic nitrogens is 1. The van der Waals surface area contributed by atoms with Crippen LogP contribution in [0.1, 0.15) is 36.5 Å². The van der Waals surface area contributed by atoms with Gasteiger partial charge in [0.2, 0.25) is 0 Å². The smallest absolute Gasteiger partial charge is 0.273 e. The number of carbonyl (C=O) groups excluding carboxylic acids is 1. The predicted octanol–water partition coefficient (Wildman–Crippen LogP) is 3.33. The summed E-state index contributed by atoms with van der Waals surface area (Å²) in [6.45, 7) is 7.46. The number of rotatable bonds is 2. The van der Waals surface area contributed by atoms with Crippen molar-refractivity contribution in [1.29, 1.82) is 0 Å². The number of carbonyl (C=O) groups is 1. The SMILES string of the molecule is Cc1ccc(-c2nc(C(=O)N3CCC(N)C(C)(C)C3)cs2)o1.Cl. The van der Waals surface area contributed by atoms with Crippen molar-refractivity contribution in [2.75, 3.05) is 13.1 Å². The van der Waals surface area contributed by atoms with Crippen molar-refractivity contribution in [3.8, 4) is 10.8 Å². The van der Waals surface area contributed by atoms with Gasteiger partial charge in [-0.05, 0) is 30.9 Å². The van der Waals surface area contributed by atoms with Gasteiger partial charge in [0.1, 0.15) is 11.5 Å². The van der Waals surface area contributed by atoms with E-state index in [1.807, 2.05) is 24.0 Å². The summed E-state index contributed by atoms with van der Waals surface area (Å²) in [5.41, 5.74) is 6.55. The number of halogens is 1. The van der Waals surface area contributed by atoms with Gasteiger partial charge in [-0.15, -0.1) is 23.7 Å². The van der Waals surface area contributed by atoms with Crippen LogP contribution in [0.25, 0.3) is 10.8 Å². The Morgan fingerprint density at radius 2 is 2.22 bits per heavy atom. The molecule has 3 rings (SSSR count). The van der Waals surface area contributed by atoms with Crippen molar-refractivity contribution in [2.45, 2.75) is 33.2 Å². The van der Waals surface area contributed by atoms with Gasteiger partial charge < -0.3 is 15.1 Å². The highest BCUT2D eigenvalue weighted by atomic mass is 35.5. The number of piperidine rings is 1. The molecular formula is C16H22ClN3O2S. The standard InChI is InChI=1S/C16H21N3O2S.ClH/c1-10-4-5-12(21-10)14-18-11(8-22-14)15(20)19-7-6-13(17)16(2,3)9-19;/h4-5,8,13H,6-7,9,17H2,1-3H3;1H. The third kappa shape index (κ3) is 3.59. The maximum absolute atomic E-state index is 12.6. The maximum atomic E-state index is 12.6. The quantitative estimate of drug-likeness (QED) is 0.896. The molecular weight excluding hydrogens is 334 g/mol. The fourth-order valence-corrected chi connectivity index (χ4v) is 3.50. The fraction of sp³-hybridized carbons (Fsp3) is 0.500. The Morgan fingerprint density at radius 1 is 1.48 bits per heavy atom. The molecule has 0 saturated carbocycles. The zero-order valence-electron chi connectivity index (χ0n) is 13.5. The van der Waals surface area contributed by atoms with Crippen LogP contribution in [0.3, 0.4) is 0 Å². The molecule has 126 valence electrons. The molecule has 1 fully saturated rings. The molecule has 1 saturated heterocycles. The third-order valence-electron chi connectivity index (χ3n) is 4.27. The summed E-state index contributed by atoms with van der Waals surface area (Å²) >= 11 is 1.43. The van der Waals surface area contributed by atoms with Crippen LogP contribution >= 0.6 is 23.7 Å². The summed E-state index contributed by atoms with van der Waals surface area (Å²) < 4.78 is 5.56. The predicted molar refractivity (Wildman–Crippen MR) is 94.1 cm³/mol. The number of aryl methyl sites for hydroxylation is 1. The maximum Gasteiger partial charge on any atom is 0.273 e. The minimum Gasteiger partial charge on any atom is -0.459 e. The molecule has 23 heavy (non-hydrogen) atoms. The van der Waals surface area contributed by atoms with E-state index < -0.39 is 0 Å². The van der Waals surface area contributed by atoms with Crippen molar-refractivity contribution < 1.29 is 9.21 Å². The van der Waals surface area contributed by atoms with Crippen LogP contribution in [0.5, 0.6) is 0 Å².